The van der Waals surface area contributed by atoms with E-state index in [0.29, 0.717) is 28.4 Å². The van der Waals surface area contributed by atoms with Crippen LogP contribution in [-0.4, -0.2) is 16.8 Å². The third kappa shape index (κ3) is 4.09. The summed E-state index contributed by atoms with van der Waals surface area (Å²) in [4.78, 5) is 28.5. The van der Waals surface area contributed by atoms with Crippen LogP contribution in [0.1, 0.15) is 34.6 Å². The Labute approximate surface area is 173 Å². The minimum absolute atomic E-state index is 0.0679. The van der Waals surface area contributed by atoms with Gasteiger partial charge in [-0.05, 0) is 43.2 Å². The number of aromatic nitrogens is 1. The van der Waals surface area contributed by atoms with Crippen LogP contribution in [0.5, 0.6) is 5.75 Å². The largest absolute Gasteiger partial charge is 0.483 e. The highest BCUT2D eigenvalue weighted by Crippen LogP contribution is 2.29. The normalized spacial score (nSPS) is 13.9. The smallest absolute Gasteiger partial charge is 0.263 e. The van der Waals surface area contributed by atoms with Crippen molar-refractivity contribution < 1.29 is 23.1 Å². The molecule has 2 amide bonds. The Bertz CT molecular complexity index is 1110. The van der Waals surface area contributed by atoms with Crippen molar-refractivity contribution in [3.8, 4) is 5.75 Å². The molecular weight excluding hydrogens is 422 g/mol. The number of benzene rings is 2. The summed E-state index contributed by atoms with van der Waals surface area (Å²) in [5.74, 6) is -4.44. The second-order valence-corrected chi connectivity index (χ2v) is 8.24. The number of ether oxygens (including phenoxy) is 1. The van der Waals surface area contributed by atoms with Crippen LogP contribution in [0.15, 0.2) is 30.3 Å². The molecule has 3 aromatic rings. The Kier molecular flexibility index (Phi) is 5.47. The topological polar surface area (TPSA) is 68.3 Å². The minimum atomic E-state index is -1.16. The van der Waals surface area contributed by atoms with Gasteiger partial charge < -0.3 is 4.74 Å². The van der Waals surface area contributed by atoms with Gasteiger partial charge >= 0.3 is 0 Å². The Morgan fingerprint density at radius 3 is 2.76 bits per heavy atom. The quantitative estimate of drug-likeness (QED) is 0.580. The molecule has 0 bridgehead atoms. The first-order valence-electron chi connectivity index (χ1n) is 8.93. The SMILES string of the molecule is O=C(NC(=O)C1CCC1)c1c(F)ccc(OCc2nc3cc(Cl)ccc3s2)c1F. The molecular formula is C20H15ClF2N2O3S. The average Bonchev–Trinajstić information content (AvgIpc) is 3.01. The maximum atomic E-state index is 14.7. The van der Waals surface area contributed by atoms with E-state index in [-0.39, 0.29) is 18.3 Å². The van der Waals surface area contributed by atoms with Crippen LogP contribution in [0.4, 0.5) is 8.78 Å². The van der Waals surface area contributed by atoms with E-state index in [1.54, 1.807) is 12.1 Å². The van der Waals surface area contributed by atoms with Crippen molar-refractivity contribution in [1.82, 2.24) is 10.3 Å². The molecule has 0 atom stereocenters. The van der Waals surface area contributed by atoms with Gasteiger partial charge in [-0.1, -0.05) is 18.0 Å². The van der Waals surface area contributed by atoms with Crippen molar-refractivity contribution in [2.24, 2.45) is 5.92 Å². The Balaban J connectivity index is 1.50. The molecule has 4 rings (SSSR count). The molecule has 9 heteroatoms. The Morgan fingerprint density at radius 1 is 1.24 bits per heavy atom. The number of hydrogen-bond acceptors (Lipinski definition) is 5. The van der Waals surface area contributed by atoms with Gasteiger partial charge in [0.25, 0.3) is 5.91 Å². The summed E-state index contributed by atoms with van der Waals surface area (Å²) in [6.07, 6.45) is 2.23. The van der Waals surface area contributed by atoms with Gasteiger partial charge in [-0.25, -0.2) is 13.8 Å². The lowest BCUT2D eigenvalue weighted by Gasteiger charge is -2.23. The molecule has 1 aromatic heterocycles. The molecule has 1 saturated carbocycles. The number of carbonyl (C=O) groups is 2. The van der Waals surface area contributed by atoms with Gasteiger partial charge in [0, 0.05) is 10.9 Å². The average molecular weight is 437 g/mol. The molecule has 2 aromatic carbocycles. The van der Waals surface area contributed by atoms with Gasteiger partial charge in [0.2, 0.25) is 5.91 Å². The van der Waals surface area contributed by atoms with Crippen LogP contribution in [0.2, 0.25) is 5.02 Å². The summed E-state index contributed by atoms with van der Waals surface area (Å²) >= 11 is 7.29. The number of halogens is 3. The summed E-state index contributed by atoms with van der Waals surface area (Å²) in [6, 6.07) is 7.29. The monoisotopic (exact) mass is 436 g/mol. The predicted molar refractivity (Wildman–Crippen MR) is 105 cm³/mol. The maximum absolute atomic E-state index is 14.7. The molecule has 0 aliphatic heterocycles. The zero-order valence-electron chi connectivity index (χ0n) is 15.0. The Morgan fingerprint density at radius 2 is 2.03 bits per heavy atom. The minimum Gasteiger partial charge on any atom is -0.483 e. The van der Waals surface area contributed by atoms with E-state index in [9.17, 15) is 18.4 Å². The van der Waals surface area contributed by atoms with Gasteiger partial charge in [0.1, 0.15) is 23.0 Å². The number of amides is 2. The van der Waals surface area contributed by atoms with Crippen LogP contribution in [-0.2, 0) is 11.4 Å². The first-order chi connectivity index (χ1) is 13.9. The summed E-state index contributed by atoms with van der Waals surface area (Å²) in [5, 5.41) is 3.18. The van der Waals surface area contributed by atoms with Gasteiger partial charge in [-0.2, -0.15) is 0 Å². The number of rotatable bonds is 5. The van der Waals surface area contributed by atoms with Crippen molar-refractivity contribution in [3.63, 3.8) is 0 Å². The van der Waals surface area contributed by atoms with E-state index in [2.05, 4.69) is 10.3 Å². The van der Waals surface area contributed by atoms with Gasteiger partial charge in [-0.15, -0.1) is 11.3 Å². The molecule has 29 heavy (non-hydrogen) atoms. The molecule has 1 heterocycles. The van der Waals surface area contributed by atoms with Crippen LogP contribution in [0, 0.1) is 17.6 Å². The molecule has 1 aliphatic rings. The molecule has 0 radical (unpaired) electrons. The van der Waals surface area contributed by atoms with Crippen LogP contribution in [0.25, 0.3) is 10.2 Å². The van der Waals surface area contributed by atoms with E-state index in [0.717, 1.165) is 23.3 Å². The highest BCUT2D eigenvalue weighted by molar-refractivity contribution is 7.18. The lowest BCUT2D eigenvalue weighted by Crippen LogP contribution is -2.39. The van der Waals surface area contributed by atoms with E-state index in [1.165, 1.54) is 11.3 Å². The van der Waals surface area contributed by atoms with Crippen molar-refractivity contribution >= 4 is 45.0 Å². The van der Waals surface area contributed by atoms with Crippen molar-refractivity contribution in [3.05, 3.63) is 57.6 Å². The zero-order valence-corrected chi connectivity index (χ0v) is 16.6. The number of imide groups is 1. The number of hydrogen-bond donors (Lipinski definition) is 1. The van der Waals surface area contributed by atoms with Crippen LogP contribution in [0.3, 0.4) is 0 Å². The third-order valence-corrected chi connectivity index (χ3v) is 5.99. The lowest BCUT2D eigenvalue weighted by molar-refractivity contribution is -0.126. The molecule has 0 spiro atoms. The lowest BCUT2D eigenvalue weighted by atomic mass is 9.85. The maximum Gasteiger partial charge on any atom is 0.263 e. The summed E-state index contributed by atoms with van der Waals surface area (Å²) in [7, 11) is 0. The number of thiazole rings is 1. The molecule has 1 aliphatic carbocycles. The highest BCUT2D eigenvalue weighted by Gasteiger charge is 2.29. The molecule has 5 nitrogen and oxygen atoms in total. The van der Waals surface area contributed by atoms with E-state index in [1.807, 2.05) is 6.07 Å². The van der Waals surface area contributed by atoms with Crippen LogP contribution < -0.4 is 10.1 Å². The zero-order chi connectivity index (χ0) is 20.5. The van der Waals surface area contributed by atoms with Gasteiger partial charge in [0.15, 0.2) is 11.6 Å². The summed E-state index contributed by atoms with van der Waals surface area (Å²) in [6.45, 7) is -0.0679. The van der Waals surface area contributed by atoms with E-state index >= 15 is 0 Å². The van der Waals surface area contributed by atoms with Crippen molar-refractivity contribution in [2.75, 3.05) is 0 Å². The van der Waals surface area contributed by atoms with Gasteiger partial charge in [-0.3, -0.25) is 14.9 Å². The highest BCUT2D eigenvalue weighted by atomic mass is 35.5. The number of carbonyl (C=O) groups excluding carboxylic acids is 2. The fourth-order valence-corrected chi connectivity index (χ4v) is 3.98. The molecule has 0 saturated heterocycles. The Hall–Kier alpha value is -2.58. The third-order valence-electron chi connectivity index (χ3n) is 4.74. The van der Waals surface area contributed by atoms with Crippen LogP contribution >= 0.6 is 22.9 Å². The second-order valence-electron chi connectivity index (χ2n) is 6.69. The number of nitrogens with one attached hydrogen (secondary N) is 1. The van der Waals surface area contributed by atoms with Gasteiger partial charge in [0.05, 0.1) is 10.2 Å². The van der Waals surface area contributed by atoms with E-state index < -0.39 is 29.0 Å². The first kappa shape index (κ1) is 19.7. The summed E-state index contributed by atoms with van der Waals surface area (Å²) in [5.41, 5.74) is -0.151. The fourth-order valence-electron chi connectivity index (χ4n) is 2.95. The standard InChI is InChI=1S/C20H15ClF2N2O3S/c21-11-4-7-15-13(8-11)24-16(29-15)9-28-14-6-5-12(22)17(18(14)23)20(27)25-19(26)10-2-1-3-10/h4-8,10H,1-3,9H2,(H,25,26,27). The number of nitrogens with zero attached hydrogens (tertiary/aromatic N) is 1. The predicted octanol–water partition coefficient (Wildman–Crippen LogP) is 4.86. The second kappa shape index (κ2) is 8.04. The molecule has 1 N–H and O–H groups in total. The summed E-state index contributed by atoms with van der Waals surface area (Å²) < 4.78 is 35.1. The van der Waals surface area contributed by atoms with Crippen molar-refractivity contribution in [1.29, 1.82) is 0 Å². The molecule has 150 valence electrons. The number of fused-ring (bicyclic) bond motifs is 1. The molecule has 0 unspecified atom stereocenters. The van der Waals surface area contributed by atoms with E-state index in [4.69, 9.17) is 16.3 Å². The first-order valence-corrected chi connectivity index (χ1v) is 10.1. The molecule has 1 fully saturated rings. The van der Waals surface area contributed by atoms with Crippen molar-refractivity contribution in [2.45, 2.75) is 25.9 Å². The fraction of sp³-hybridized carbons (Fsp3) is 0.250.